The van der Waals surface area contributed by atoms with Crippen molar-refractivity contribution in [2.45, 2.75) is 19.3 Å². The highest BCUT2D eigenvalue weighted by atomic mass is 16.4. The molecular weight excluding hydrogens is 232 g/mol. The van der Waals surface area contributed by atoms with Crippen molar-refractivity contribution in [1.82, 2.24) is 9.88 Å². The third-order valence-electron chi connectivity index (χ3n) is 3.23. The minimum absolute atomic E-state index is 0.0652. The predicted octanol–water partition coefficient (Wildman–Crippen LogP) is 0.947. The Morgan fingerprint density at radius 3 is 2.94 bits per heavy atom. The summed E-state index contributed by atoms with van der Waals surface area (Å²) in [5.74, 6) is -1.44. The van der Waals surface area contributed by atoms with Gasteiger partial charge < -0.3 is 10.0 Å². The van der Waals surface area contributed by atoms with Gasteiger partial charge in [0.25, 0.3) is 0 Å². The highest BCUT2D eigenvalue weighted by Crippen LogP contribution is 2.18. The molecule has 1 amide bonds. The first kappa shape index (κ1) is 12.5. The summed E-state index contributed by atoms with van der Waals surface area (Å²) in [5, 5.41) is 8.87. The summed E-state index contributed by atoms with van der Waals surface area (Å²) < 4.78 is 0. The highest BCUT2D eigenvalue weighted by Gasteiger charge is 2.29. The van der Waals surface area contributed by atoms with Gasteiger partial charge in [-0.25, -0.2) is 0 Å². The van der Waals surface area contributed by atoms with E-state index < -0.39 is 11.9 Å². The summed E-state index contributed by atoms with van der Waals surface area (Å²) in [4.78, 5) is 28.5. The minimum Gasteiger partial charge on any atom is -0.481 e. The van der Waals surface area contributed by atoms with Gasteiger partial charge in [-0.15, -0.1) is 0 Å². The lowest BCUT2D eigenvalue weighted by Crippen LogP contribution is -2.41. The lowest BCUT2D eigenvalue weighted by Gasteiger charge is -2.29. The van der Waals surface area contributed by atoms with Crippen LogP contribution in [0.4, 0.5) is 0 Å². The Balaban J connectivity index is 1.85. The first-order chi connectivity index (χ1) is 8.66. The van der Waals surface area contributed by atoms with Crippen molar-refractivity contribution in [3.05, 3.63) is 30.1 Å². The Labute approximate surface area is 105 Å². The summed E-state index contributed by atoms with van der Waals surface area (Å²) >= 11 is 0. The molecule has 0 spiro atoms. The summed E-state index contributed by atoms with van der Waals surface area (Å²) in [7, 11) is 0. The van der Waals surface area contributed by atoms with E-state index in [0.29, 0.717) is 25.9 Å². The molecule has 1 fully saturated rings. The highest BCUT2D eigenvalue weighted by molar-refractivity contribution is 5.83. The SMILES string of the molecule is O=C(O)C1CCN(CCc2ccccn2)C(=O)C1. The number of piperidine rings is 1. The number of carboxylic acid groups (broad SMARTS) is 1. The van der Waals surface area contributed by atoms with Crippen molar-refractivity contribution in [3.63, 3.8) is 0 Å². The largest absolute Gasteiger partial charge is 0.481 e. The number of hydrogen-bond donors (Lipinski definition) is 1. The fraction of sp³-hybridized carbons (Fsp3) is 0.462. The van der Waals surface area contributed by atoms with E-state index in [1.54, 1.807) is 11.1 Å². The van der Waals surface area contributed by atoms with E-state index in [9.17, 15) is 9.59 Å². The predicted molar refractivity (Wildman–Crippen MR) is 64.9 cm³/mol. The molecule has 1 saturated heterocycles. The zero-order chi connectivity index (χ0) is 13.0. The number of rotatable bonds is 4. The minimum atomic E-state index is -0.868. The number of likely N-dealkylation sites (tertiary alicyclic amines) is 1. The van der Waals surface area contributed by atoms with E-state index in [-0.39, 0.29) is 12.3 Å². The first-order valence-corrected chi connectivity index (χ1v) is 6.07. The van der Waals surface area contributed by atoms with Crippen LogP contribution < -0.4 is 0 Å². The van der Waals surface area contributed by atoms with Gasteiger partial charge in [0, 0.05) is 37.8 Å². The van der Waals surface area contributed by atoms with Crippen LogP contribution in [0, 0.1) is 5.92 Å². The average Bonchev–Trinajstić information content (AvgIpc) is 2.38. The van der Waals surface area contributed by atoms with Crippen molar-refractivity contribution in [2.75, 3.05) is 13.1 Å². The van der Waals surface area contributed by atoms with Gasteiger partial charge in [0.05, 0.1) is 5.92 Å². The van der Waals surface area contributed by atoms with E-state index in [4.69, 9.17) is 5.11 Å². The number of aliphatic carboxylic acids is 1. The molecule has 5 heteroatoms. The van der Waals surface area contributed by atoms with Gasteiger partial charge in [-0.3, -0.25) is 14.6 Å². The van der Waals surface area contributed by atoms with Crippen LogP contribution in [0.3, 0.4) is 0 Å². The third-order valence-corrected chi connectivity index (χ3v) is 3.23. The molecule has 1 aromatic heterocycles. The second kappa shape index (κ2) is 5.62. The molecule has 18 heavy (non-hydrogen) atoms. The molecule has 1 unspecified atom stereocenters. The first-order valence-electron chi connectivity index (χ1n) is 6.07. The Bertz CT molecular complexity index is 433. The van der Waals surface area contributed by atoms with Crippen molar-refractivity contribution in [3.8, 4) is 0 Å². The molecule has 1 aliphatic rings. The van der Waals surface area contributed by atoms with Gasteiger partial charge in [-0.05, 0) is 18.6 Å². The van der Waals surface area contributed by atoms with E-state index in [1.165, 1.54) is 0 Å². The van der Waals surface area contributed by atoms with Gasteiger partial charge in [0.2, 0.25) is 5.91 Å². The molecule has 2 heterocycles. The third kappa shape index (κ3) is 3.06. The lowest BCUT2D eigenvalue weighted by molar-refractivity contribution is -0.149. The molecule has 96 valence electrons. The van der Waals surface area contributed by atoms with Crippen LogP contribution in [0.2, 0.25) is 0 Å². The lowest BCUT2D eigenvalue weighted by atomic mass is 9.96. The van der Waals surface area contributed by atoms with Gasteiger partial charge >= 0.3 is 5.97 Å². The smallest absolute Gasteiger partial charge is 0.307 e. The number of pyridine rings is 1. The molecule has 1 N–H and O–H groups in total. The van der Waals surface area contributed by atoms with E-state index in [1.807, 2.05) is 18.2 Å². The maximum absolute atomic E-state index is 11.8. The van der Waals surface area contributed by atoms with Gasteiger partial charge in [-0.1, -0.05) is 6.07 Å². The van der Waals surface area contributed by atoms with Gasteiger partial charge in [0.15, 0.2) is 0 Å². The summed E-state index contributed by atoms with van der Waals surface area (Å²) in [5.41, 5.74) is 0.950. The Hall–Kier alpha value is -1.91. The van der Waals surface area contributed by atoms with E-state index in [2.05, 4.69) is 4.98 Å². The fourth-order valence-electron chi connectivity index (χ4n) is 2.12. The molecule has 0 aliphatic carbocycles. The second-order valence-electron chi connectivity index (χ2n) is 4.48. The second-order valence-corrected chi connectivity index (χ2v) is 4.48. The summed E-state index contributed by atoms with van der Waals surface area (Å²) in [6.07, 6.45) is 3.11. The number of aromatic nitrogens is 1. The number of amides is 1. The number of carbonyl (C=O) groups is 2. The average molecular weight is 248 g/mol. The molecule has 1 aromatic rings. The van der Waals surface area contributed by atoms with E-state index >= 15 is 0 Å². The molecule has 5 nitrogen and oxygen atoms in total. The summed E-state index contributed by atoms with van der Waals surface area (Å²) in [6, 6.07) is 5.70. The topological polar surface area (TPSA) is 70.5 Å². The van der Waals surface area contributed by atoms with Crippen LogP contribution in [0.15, 0.2) is 24.4 Å². The molecule has 0 saturated carbocycles. The van der Waals surface area contributed by atoms with Crippen molar-refractivity contribution < 1.29 is 14.7 Å². The number of carboxylic acids is 1. The molecule has 0 radical (unpaired) electrons. The maximum Gasteiger partial charge on any atom is 0.307 e. The molecule has 1 aliphatic heterocycles. The van der Waals surface area contributed by atoms with Crippen LogP contribution in [0.1, 0.15) is 18.5 Å². The number of nitrogens with zero attached hydrogens (tertiary/aromatic N) is 2. The maximum atomic E-state index is 11.8. The molecule has 2 rings (SSSR count). The standard InChI is InChI=1S/C13H16N2O3/c16-12-9-10(13(17)18)4-7-15(12)8-5-11-3-1-2-6-14-11/h1-3,6,10H,4-5,7-9H2,(H,17,18). The quantitative estimate of drug-likeness (QED) is 0.861. The van der Waals surface area contributed by atoms with Crippen LogP contribution >= 0.6 is 0 Å². The molecule has 1 atom stereocenters. The van der Waals surface area contributed by atoms with Crippen LogP contribution in [-0.4, -0.2) is 40.0 Å². The van der Waals surface area contributed by atoms with Gasteiger partial charge in [-0.2, -0.15) is 0 Å². The number of carbonyl (C=O) groups excluding carboxylic acids is 1. The van der Waals surface area contributed by atoms with Crippen molar-refractivity contribution in [1.29, 1.82) is 0 Å². The molecular formula is C13H16N2O3. The Morgan fingerprint density at radius 2 is 2.33 bits per heavy atom. The fourth-order valence-corrected chi connectivity index (χ4v) is 2.12. The Morgan fingerprint density at radius 1 is 1.50 bits per heavy atom. The Kier molecular flexibility index (Phi) is 3.92. The monoisotopic (exact) mass is 248 g/mol. The van der Waals surface area contributed by atoms with Crippen LogP contribution in [-0.2, 0) is 16.0 Å². The zero-order valence-corrected chi connectivity index (χ0v) is 10.1. The van der Waals surface area contributed by atoms with Crippen molar-refractivity contribution >= 4 is 11.9 Å². The normalized spacial score (nSPS) is 19.9. The zero-order valence-electron chi connectivity index (χ0n) is 10.1. The van der Waals surface area contributed by atoms with E-state index in [0.717, 1.165) is 5.69 Å². The van der Waals surface area contributed by atoms with Crippen LogP contribution in [0.5, 0.6) is 0 Å². The van der Waals surface area contributed by atoms with Crippen molar-refractivity contribution in [2.24, 2.45) is 5.92 Å². The van der Waals surface area contributed by atoms with Gasteiger partial charge in [0.1, 0.15) is 0 Å². The summed E-state index contributed by atoms with van der Waals surface area (Å²) in [6.45, 7) is 1.14. The molecule has 0 bridgehead atoms. The van der Waals surface area contributed by atoms with Crippen LogP contribution in [0.25, 0.3) is 0 Å². The molecule has 0 aromatic carbocycles. The number of hydrogen-bond acceptors (Lipinski definition) is 3.